The van der Waals surface area contributed by atoms with Crippen molar-refractivity contribution < 1.29 is 0 Å². The summed E-state index contributed by atoms with van der Waals surface area (Å²) in [6, 6.07) is 15.6. The predicted molar refractivity (Wildman–Crippen MR) is 83.9 cm³/mol. The standard InChI is InChI=1S/C15H9ClN4S/c16-10-5-1-4-8-13(10)21-15-14-19-17-9-20(14)12-7-3-2-6-11(12)18-15/h1-9H. The number of nitrogens with zero attached hydrogens (tertiary/aromatic N) is 4. The van der Waals surface area contributed by atoms with Crippen molar-refractivity contribution in [3.63, 3.8) is 0 Å². The summed E-state index contributed by atoms with van der Waals surface area (Å²) in [7, 11) is 0. The van der Waals surface area contributed by atoms with Gasteiger partial charge in [0.1, 0.15) is 11.4 Å². The van der Waals surface area contributed by atoms with Gasteiger partial charge in [0, 0.05) is 4.90 Å². The molecule has 4 rings (SSSR count). The second-order valence-corrected chi connectivity index (χ2v) is 5.90. The molecule has 102 valence electrons. The molecular formula is C15H9ClN4S. The van der Waals surface area contributed by atoms with E-state index in [9.17, 15) is 0 Å². The van der Waals surface area contributed by atoms with Crippen LogP contribution in [0.15, 0.2) is 64.8 Å². The van der Waals surface area contributed by atoms with Crippen LogP contribution in [0, 0.1) is 0 Å². The van der Waals surface area contributed by atoms with Crippen molar-refractivity contribution >= 4 is 40.0 Å². The molecule has 0 aliphatic carbocycles. The molecule has 0 fully saturated rings. The van der Waals surface area contributed by atoms with E-state index < -0.39 is 0 Å². The number of para-hydroxylation sites is 2. The Balaban J connectivity index is 1.95. The molecule has 2 aromatic heterocycles. The minimum atomic E-state index is 0.704. The fourth-order valence-corrected chi connectivity index (χ4v) is 3.33. The Morgan fingerprint density at radius 3 is 2.71 bits per heavy atom. The lowest BCUT2D eigenvalue weighted by atomic mass is 10.3. The van der Waals surface area contributed by atoms with Gasteiger partial charge in [-0.3, -0.25) is 4.40 Å². The molecule has 0 bridgehead atoms. The van der Waals surface area contributed by atoms with Crippen LogP contribution in [0.1, 0.15) is 0 Å². The molecule has 6 heteroatoms. The Morgan fingerprint density at radius 2 is 1.81 bits per heavy atom. The molecule has 0 unspecified atom stereocenters. The topological polar surface area (TPSA) is 43.1 Å². The molecule has 0 amide bonds. The van der Waals surface area contributed by atoms with Gasteiger partial charge in [-0.1, -0.05) is 47.6 Å². The molecule has 0 aliphatic heterocycles. The molecule has 0 saturated carbocycles. The highest BCUT2D eigenvalue weighted by Crippen LogP contribution is 2.34. The highest BCUT2D eigenvalue weighted by atomic mass is 35.5. The van der Waals surface area contributed by atoms with Gasteiger partial charge in [-0.05, 0) is 24.3 Å². The molecule has 4 nitrogen and oxygen atoms in total. The molecule has 4 aromatic rings. The van der Waals surface area contributed by atoms with Gasteiger partial charge in [0.15, 0.2) is 5.65 Å². The lowest BCUT2D eigenvalue weighted by Gasteiger charge is -2.07. The maximum absolute atomic E-state index is 6.23. The zero-order chi connectivity index (χ0) is 14.2. The van der Waals surface area contributed by atoms with Crippen LogP contribution in [0.2, 0.25) is 5.02 Å². The van der Waals surface area contributed by atoms with Crippen LogP contribution in [0.25, 0.3) is 16.7 Å². The molecular weight excluding hydrogens is 304 g/mol. The first-order valence-corrected chi connectivity index (χ1v) is 7.53. The van der Waals surface area contributed by atoms with Crippen LogP contribution in [0.3, 0.4) is 0 Å². The van der Waals surface area contributed by atoms with E-state index in [0.29, 0.717) is 5.02 Å². The summed E-state index contributed by atoms with van der Waals surface area (Å²) in [6.45, 7) is 0. The molecule has 0 atom stereocenters. The number of hydrogen-bond acceptors (Lipinski definition) is 4. The average molecular weight is 313 g/mol. The van der Waals surface area contributed by atoms with Gasteiger partial charge >= 0.3 is 0 Å². The van der Waals surface area contributed by atoms with Gasteiger partial charge in [0.2, 0.25) is 0 Å². The summed E-state index contributed by atoms with van der Waals surface area (Å²) in [5.41, 5.74) is 2.62. The van der Waals surface area contributed by atoms with E-state index in [1.54, 1.807) is 6.33 Å². The largest absolute Gasteiger partial charge is 0.278 e. The SMILES string of the molecule is Clc1ccccc1Sc1nc2ccccc2n2cnnc12. The van der Waals surface area contributed by atoms with Crippen molar-refractivity contribution in [1.29, 1.82) is 0 Å². The molecule has 0 N–H and O–H groups in total. The summed E-state index contributed by atoms with van der Waals surface area (Å²) in [5.74, 6) is 0. The van der Waals surface area contributed by atoms with E-state index in [4.69, 9.17) is 16.6 Å². The number of benzene rings is 2. The first kappa shape index (κ1) is 12.6. The lowest BCUT2D eigenvalue weighted by molar-refractivity contribution is 1.08. The molecule has 0 aliphatic rings. The van der Waals surface area contributed by atoms with Crippen molar-refractivity contribution in [2.75, 3.05) is 0 Å². The van der Waals surface area contributed by atoms with Gasteiger partial charge in [0.25, 0.3) is 0 Å². The quantitative estimate of drug-likeness (QED) is 0.559. The minimum absolute atomic E-state index is 0.704. The monoisotopic (exact) mass is 312 g/mol. The minimum Gasteiger partial charge on any atom is -0.278 e. The van der Waals surface area contributed by atoms with Crippen LogP contribution in [0.4, 0.5) is 0 Å². The molecule has 2 heterocycles. The average Bonchev–Trinajstić information content (AvgIpc) is 3.00. The molecule has 0 saturated heterocycles. The third kappa shape index (κ3) is 2.14. The summed E-state index contributed by atoms with van der Waals surface area (Å²) in [4.78, 5) is 5.64. The summed E-state index contributed by atoms with van der Waals surface area (Å²) >= 11 is 7.72. The van der Waals surface area contributed by atoms with Crippen LogP contribution in [0.5, 0.6) is 0 Å². The second kappa shape index (κ2) is 5.02. The van der Waals surface area contributed by atoms with E-state index in [1.807, 2.05) is 52.9 Å². The van der Waals surface area contributed by atoms with Gasteiger partial charge in [0.05, 0.1) is 16.1 Å². The first-order chi connectivity index (χ1) is 10.3. The van der Waals surface area contributed by atoms with Crippen LogP contribution in [-0.4, -0.2) is 19.6 Å². The molecule has 21 heavy (non-hydrogen) atoms. The van der Waals surface area contributed by atoms with Crippen molar-refractivity contribution in [1.82, 2.24) is 19.6 Å². The van der Waals surface area contributed by atoms with E-state index in [-0.39, 0.29) is 0 Å². The normalized spacial score (nSPS) is 11.3. The van der Waals surface area contributed by atoms with Crippen LogP contribution >= 0.6 is 23.4 Å². The molecule has 2 aromatic carbocycles. The highest BCUT2D eigenvalue weighted by Gasteiger charge is 2.12. The van der Waals surface area contributed by atoms with Crippen molar-refractivity contribution in [2.24, 2.45) is 0 Å². The van der Waals surface area contributed by atoms with Gasteiger partial charge < -0.3 is 0 Å². The summed E-state index contributed by atoms with van der Waals surface area (Å²) in [5, 5.41) is 9.68. The molecule has 0 spiro atoms. The Bertz CT molecular complexity index is 951. The smallest absolute Gasteiger partial charge is 0.194 e. The third-order valence-electron chi connectivity index (χ3n) is 3.15. The van der Waals surface area contributed by atoms with Gasteiger partial charge in [-0.25, -0.2) is 4.98 Å². The number of fused-ring (bicyclic) bond motifs is 3. The van der Waals surface area contributed by atoms with Crippen LogP contribution in [-0.2, 0) is 0 Å². The Kier molecular flexibility index (Phi) is 3.02. The van der Waals surface area contributed by atoms with Gasteiger partial charge in [-0.2, -0.15) is 0 Å². The zero-order valence-electron chi connectivity index (χ0n) is 10.8. The van der Waals surface area contributed by atoms with Gasteiger partial charge in [-0.15, -0.1) is 10.2 Å². The maximum atomic E-state index is 6.23. The number of halogens is 1. The summed E-state index contributed by atoms with van der Waals surface area (Å²) in [6.07, 6.45) is 1.70. The fourth-order valence-electron chi connectivity index (χ4n) is 2.18. The number of rotatable bonds is 2. The lowest BCUT2D eigenvalue weighted by Crippen LogP contribution is -1.94. The Morgan fingerprint density at radius 1 is 1.00 bits per heavy atom. The second-order valence-electron chi connectivity index (χ2n) is 4.46. The van der Waals surface area contributed by atoms with E-state index in [2.05, 4.69) is 10.2 Å². The number of aromatic nitrogens is 4. The van der Waals surface area contributed by atoms with E-state index >= 15 is 0 Å². The van der Waals surface area contributed by atoms with Crippen molar-refractivity contribution in [3.05, 3.63) is 59.9 Å². The van der Waals surface area contributed by atoms with E-state index in [1.165, 1.54) is 11.8 Å². The Hall–Kier alpha value is -2.11. The van der Waals surface area contributed by atoms with E-state index in [0.717, 1.165) is 26.6 Å². The predicted octanol–water partition coefficient (Wildman–Crippen LogP) is 4.08. The number of hydrogen-bond donors (Lipinski definition) is 0. The zero-order valence-corrected chi connectivity index (χ0v) is 12.3. The highest BCUT2D eigenvalue weighted by molar-refractivity contribution is 7.99. The summed E-state index contributed by atoms with van der Waals surface area (Å²) < 4.78 is 1.95. The Labute approximate surface area is 129 Å². The fraction of sp³-hybridized carbons (Fsp3) is 0. The molecule has 0 radical (unpaired) electrons. The van der Waals surface area contributed by atoms with Crippen molar-refractivity contribution in [3.8, 4) is 0 Å². The third-order valence-corrected chi connectivity index (χ3v) is 4.63. The van der Waals surface area contributed by atoms with Crippen LogP contribution < -0.4 is 0 Å². The first-order valence-electron chi connectivity index (χ1n) is 6.34. The van der Waals surface area contributed by atoms with Crippen molar-refractivity contribution in [2.45, 2.75) is 9.92 Å². The maximum Gasteiger partial charge on any atom is 0.194 e.